The third kappa shape index (κ3) is 3.92. The van der Waals surface area contributed by atoms with Gasteiger partial charge in [-0.1, -0.05) is 12.1 Å². The van der Waals surface area contributed by atoms with Crippen LogP contribution in [-0.4, -0.2) is 40.4 Å². The SMILES string of the molecule is CC1CN(Cc2ccc(-n3ccc(C(F)(F)F)n3)cc2)CCN1. The number of rotatable bonds is 3. The fourth-order valence-electron chi connectivity index (χ4n) is 2.79. The van der Waals surface area contributed by atoms with Gasteiger partial charge in [0.05, 0.1) is 5.69 Å². The first-order valence-corrected chi connectivity index (χ1v) is 7.60. The van der Waals surface area contributed by atoms with Gasteiger partial charge in [0, 0.05) is 38.4 Å². The maximum atomic E-state index is 12.6. The van der Waals surface area contributed by atoms with Crippen LogP contribution in [0, 0.1) is 0 Å². The Balaban J connectivity index is 1.68. The summed E-state index contributed by atoms with van der Waals surface area (Å²) in [7, 11) is 0. The van der Waals surface area contributed by atoms with E-state index >= 15 is 0 Å². The molecule has 0 bridgehead atoms. The topological polar surface area (TPSA) is 33.1 Å². The van der Waals surface area contributed by atoms with Crippen LogP contribution in [0.15, 0.2) is 36.5 Å². The molecule has 23 heavy (non-hydrogen) atoms. The molecule has 4 nitrogen and oxygen atoms in total. The van der Waals surface area contributed by atoms with E-state index in [2.05, 4.69) is 22.2 Å². The molecule has 124 valence electrons. The first-order valence-electron chi connectivity index (χ1n) is 7.60. The first-order chi connectivity index (χ1) is 10.9. The van der Waals surface area contributed by atoms with Crippen LogP contribution in [0.1, 0.15) is 18.2 Å². The van der Waals surface area contributed by atoms with E-state index < -0.39 is 11.9 Å². The van der Waals surface area contributed by atoms with E-state index in [-0.39, 0.29) is 0 Å². The lowest BCUT2D eigenvalue weighted by atomic mass is 10.1. The van der Waals surface area contributed by atoms with Crippen molar-refractivity contribution in [2.75, 3.05) is 19.6 Å². The van der Waals surface area contributed by atoms with Gasteiger partial charge in [-0.05, 0) is 30.7 Å². The summed E-state index contributed by atoms with van der Waals surface area (Å²) in [5.41, 5.74) is 0.889. The van der Waals surface area contributed by atoms with Gasteiger partial charge in [-0.25, -0.2) is 4.68 Å². The van der Waals surface area contributed by atoms with Gasteiger partial charge in [0.25, 0.3) is 0 Å². The molecule has 0 aliphatic carbocycles. The number of nitrogens with one attached hydrogen (secondary N) is 1. The van der Waals surface area contributed by atoms with Gasteiger partial charge >= 0.3 is 6.18 Å². The number of hydrogen-bond acceptors (Lipinski definition) is 3. The van der Waals surface area contributed by atoms with Crippen molar-refractivity contribution >= 4 is 0 Å². The molecular formula is C16H19F3N4. The Kier molecular flexibility index (Phi) is 4.41. The maximum absolute atomic E-state index is 12.6. The van der Waals surface area contributed by atoms with Crippen molar-refractivity contribution in [1.82, 2.24) is 20.0 Å². The van der Waals surface area contributed by atoms with Crippen molar-refractivity contribution in [1.29, 1.82) is 0 Å². The van der Waals surface area contributed by atoms with Gasteiger partial charge in [-0.3, -0.25) is 4.90 Å². The summed E-state index contributed by atoms with van der Waals surface area (Å²) in [5, 5.41) is 6.98. The van der Waals surface area contributed by atoms with Crippen LogP contribution in [0.4, 0.5) is 13.2 Å². The largest absolute Gasteiger partial charge is 0.435 e. The molecule has 1 unspecified atom stereocenters. The van der Waals surface area contributed by atoms with Crippen molar-refractivity contribution < 1.29 is 13.2 Å². The molecule has 1 aromatic heterocycles. The third-order valence-electron chi connectivity index (χ3n) is 3.94. The molecule has 1 aliphatic rings. The molecule has 1 fully saturated rings. The lowest BCUT2D eigenvalue weighted by Crippen LogP contribution is -2.48. The summed E-state index contributed by atoms with van der Waals surface area (Å²) in [6.07, 6.45) is -3.08. The zero-order chi connectivity index (χ0) is 16.4. The van der Waals surface area contributed by atoms with Crippen molar-refractivity contribution in [3.05, 3.63) is 47.8 Å². The van der Waals surface area contributed by atoms with E-state index in [9.17, 15) is 13.2 Å². The lowest BCUT2D eigenvalue weighted by Gasteiger charge is -2.31. The Hall–Kier alpha value is -1.86. The molecule has 1 aromatic carbocycles. The predicted molar refractivity (Wildman–Crippen MR) is 81.3 cm³/mol. The summed E-state index contributed by atoms with van der Waals surface area (Å²) in [4.78, 5) is 2.37. The maximum Gasteiger partial charge on any atom is 0.435 e. The van der Waals surface area contributed by atoms with Crippen LogP contribution in [0.25, 0.3) is 5.69 Å². The second-order valence-electron chi connectivity index (χ2n) is 5.90. The minimum atomic E-state index is -4.41. The predicted octanol–water partition coefficient (Wildman–Crippen LogP) is 2.68. The van der Waals surface area contributed by atoms with Crippen molar-refractivity contribution in [2.45, 2.75) is 25.7 Å². The second kappa shape index (κ2) is 6.33. The zero-order valence-corrected chi connectivity index (χ0v) is 12.8. The fourth-order valence-corrected chi connectivity index (χ4v) is 2.79. The van der Waals surface area contributed by atoms with Crippen LogP contribution in [0.3, 0.4) is 0 Å². The number of alkyl halides is 3. The molecule has 1 saturated heterocycles. The summed E-state index contributed by atoms with van der Waals surface area (Å²) in [6, 6.07) is 8.94. The highest BCUT2D eigenvalue weighted by Crippen LogP contribution is 2.27. The van der Waals surface area contributed by atoms with Gasteiger partial charge in [-0.15, -0.1) is 0 Å². The summed E-state index contributed by atoms with van der Waals surface area (Å²) in [5.74, 6) is 0. The first kappa shape index (κ1) is 16.0. The van der Waals surface area contributed by atoms with Gasteiger partial charge in [0.2, 0.25) is 0 Å². The molecule has 0 amide bonds. The highest BCUT2D eigenvalue weighted by Gasteiger charge is 2.33. The average Bonchev–Trinajstić information content (AvgIpc) is 2.98. The van der Waals surface area contributed by atoms with E-state index in [1.54, 1.807) is 12.1 Å². The normalized spacial score (nSPS) is 19.9. The second-order valence-corrected chi connectivity index (χ2v) is 5.90. The molecule has 2 aromatic rings. The minimum absolute atomic E-state index is 0.480. The monoisotopic (exact) mass is 324 g/mol. The molecule has 1 aliphatic heterocycles. The fraction of sp³-hybridized carbons (Fsp3) is 0.438. The van der Waals surface area contributed by atoms with E-state index in [1.165, 1.54) is 10.9 Å². The zero-order valence-electron chi connectivity index (χ0n) is 12.8. The van der Waals surface area contributed by atoms with Crippen LogP contribution < -0.4 is 5.32 Å². The molecule has 0 radical (unpaired) electrons. The molecule has 3 rings (SSSR count). The summed E-state index contributed by atoms with van der Waals surface area (Å²) >= 11 is 0. The Morgan fingerprint density at radius 1 is 1.22 bits per heavy atom. The Morgan fingerprint density at radius 2 is 1.96 bits per heavy atom. The minimum Gasteiger partial charge on any atom is -0.312 e. The van der Waals surface area contributed by atoms with Crippen LogP contribution in [0.5, 0.6) is 0 Å². The van der Waals surface area contributed by atoms with Crippen molar-refractivity contribution in [2.24, 2.45) is 0 Å². The van der Waals surface area contributed by atoms with Gasteiger partial charge in [0.15, 0.2) is 5.69 Å². The smallest absolute Gasteiger partial charge is 0.312 e. The van der Waals surface area contributed by atoms with Gasteiger partial charge in [0.1, 0.15) is 0 Å². The Morgan fingerprint density at radius 3 is 2.57 bits per heavy atom. The van der Waals surface area contributed by atoms with Crippen LogP contribution >= 0.6 is 0 Å². The van der Waals surface area contributed by atoms with Gasteiger partial charge < -0.3 is 5.32 Å². The highest BCUT2D eigenvalue weighted by molar-refractivity contribution is 5.34. The Bertz CT molecular complexity index is 648. The van der Waals surface area contributed by atoms with Crippen molar-refractivity contribution in [3.8, 4) is 5.69 Å². The summed E-state index contributed by atoms with van der Waals surface area (Å²) in [6.45, 7) is 5.98. The molecule has 0 saturated carbocycles. The standard InChI is InChI=1S/C16H19F3N4/c1-12-10-22(9-7-20-12)11-13-2-4-14(5-3-13)23-8-6-15(21-23)16(17,18)19/h2-6,8,12,20H,7,9-11H2,1H3. The molecule has 7 heteroatoms. The number of piperazine rings is 1. The highest BCUT2D eigenvalue weighted by atomic mass is 19.4. The number of aromatic nitrogens is 2. The van der Waals surface area contributed by atoms with E-state index in [4.69, 9.17) is 0 Å². The van der Waals surface area contributed by atoms with Gasteiger partial charge in [-0.2, -0.15) is 18.3 Å². The molecule has 1 atom stereocenters. The van der Waals surface area contributed by atoms with Crippen LogP contribution in [-0.2, 0) is 12.7 Å². The summed E-state index contributed by atoms with van der Waals surface area (Å²) < 4.78 is 39.0. The quantitative estimate of drug-likeness (QED) is 0.942. The molecular weight excluding hydrogens is 305 g/mol. The third-order valence-corrected chi connectivity index (χ3v) is 3.94. The molecule has 2 heterocycles. The average molecular weight is 324 g/mol. The van der Waals surface area contributed by atoms with E-state index in [1.807, 2.05) is 12.1 Å². The number of hydrogen-bond donors (Lipinski definition) is 1. The number of benzene rings is 1. The number of halogens is 3. The van der Waals surface area contributed by atoms with E-state index in [0.717, 1.165) is 37.8 Å². The molecule has 1 N–H and O–H groups in total. The lowest BCUT2D eigenvalue weighted by molar-refractivity contribution is -0.141. The van der Waals surface area contributed by atoms with Crippen LogP contribution in [0.2, 0.25) is 0 Å². The number of nitrogens with zero attached hydrogens (tertiary/aromatic N) is 3. The van der Waals surface area contributed by atoms with Crippen molar-refractivity contribution in [3.63, 3.8) is 0 Å². The Labute approximate surface area is 132 Å². The van der Waals surface area contributed by atoms with E-state index in [0.29, 0.717) is 11.7 Å². The molecule has 0 spiro atoms.